The predicted molar refractivity (Wildman–Crippen MR) is 93.2 cm³/mol. The number of primary amides is 1. The summed E-state index contributed by atoms with van der Waals surface area (Å²) in [5, 5.41) is 0. The Morgan fingerprint density at radius 1 is 1.08 bits per heavy atom. The van der Waals surface area contributed by atoms with Gasteiger partial charge in [-0.2, -0.15) is 0 Å². The predicted octanol–water partition coefficient (Wildman–Crippen LogP) is 1.42. The molecule has 0 unspecified atom stereocenters. The van der Waals surface area contributed by atoms with Crippen molar-refractivity contribution in [2.24, 2.45) is 11.7 Å². The van der Waals surface area contributed by atoms with Gasteiger partial charge in [-0.3, -0.25) is 14.5 Å². The van der Waals surface area contributed by atoms with Crippen LogP contribution >= 0.6 is 0 Å². The first-order chi connectivity index (χ1) is 11.6. The number of nitrogens with two attached hydrogens (primary N) is 1. The quantitative estimate of drug-likeness (QED) is 0.888. The van der Waals surface area contributed by atoms with Crippen LogP contribution in [-0.2, 0) is 16.0 Å². The highest BCUT2D eigenvalue weighted by Gasteiger charge is 2.31. The lowest BCUT2D eigenvalue weighted by atomic mass is 9.97. The van der Waals surface area contributed by atoms with E-state index in [2.05, 4.69) is 29.2 Å². The number of carbonyl (C=O) groups excluding carboxylic acids is 2. The summed E-state index contributed by atoms with van der Waals surface area (Å²) in [7, 11) is 0. The molecular weight excluding hydrogens is 302 g/mol. The van der Waals surface area contributed by atoms with Crippen LogP contribution in [0.3, 0.4) is 0 Å². The fourth-order valence-corrected chi connectivity index (χ4v) is 3.93. The molecule has 2 aliphatic rings. The highest BCUT2D eigenvalue weighted by molar-refractivity contribution is 5.81. The smallest absolute Gasteiger partial charge is 0.236 e. The summed E-state index contributed by atoms with van der Waals surface area (Å²) in [6.07, 6.45) is 4.96. The molecule has 0 saturated carbocycles. The van der Waals surface area contributed by atoms with Crippen LogP contribution in [0.2, 0.25) is 0 Å². The zero-order valence-electron chi connectivity index (χ0n) is 14.2. The van der Waals surface area contributed by atoms with Gasteiger partial charge < -0.3 is 10.6 Å². The maximum absolute atomic E-state index is 12.7. The molecule has 2 amide bonds. The molecule has 2 atom stereocenters. The third-order valence-corrected chi connectivity index (χ3v) is 5.33. The van der Waals surface area contributed by atoms with Crippen molar-refractivity contribution in [1.82, 2.24) is 9.80 Å². The molecule has 0 spiro atoms. The molecule has 2 N–H and O–H groups in total. The Balaban J connectivity index is 1.56. The number of amides is 2. The van der Waals surface area contributed by atoms with Crippen molar-refractivity contribution >= 4 is 11.8 Å². The monoisotopic (exact) mass is 329 g/mol. The van der Waals surface area contributed by atoms with E-state index < -0.39 is 0 Å². The number of likely N-dealkylation sites (tertiary alicyclic amines) is 2. The van der Waals surface area contributed by atoms with Gasteiger partial charge in [-0.15, -0.1) is 0 Å². The van der Waals surface area contributed by atoms with E-state index in [1.165, 1.54) is 5.56 Å². The first kappa shape index (κ1) is 17.0. The van der Waals surface area contributed by atoms with E-state index in [4.69, 9.17) is 5.73 Å². The molecule has 2 aliphatic heterocycles. The van der Waals surface area contributed by atoms with Crippen molar-refractivity contribution in [3.05, 3.63) is 35.9 Å². The van der Waals surface area contributed by atoms with Gasteiger partial charge in [0.15, 0.2) is 0 Å². The van der Waals surface area contributed by atoms with E-state index in [-0.39, 0.29) is 17.7 Å². The topological polar surface area (TPSA) is 66.6 Å². The van der Waals surface area contributed by atoms with E-state index in [0.29, 0.717) is 19.1 Å². The Kier molecular flexibility index (Phi) is 5.51. The summed E-state index contributed by atoms with van der Waals surface area (Å²) in [5.74, 6) is -0.321. The van der Waals surface area contributed by atoms with Gasteiger partial charge in [0.05, 0.1) is 12.5 Å². The van der Waals surface area contributed by atoms with Gasteiger partial charge in [0.1, 0.15) is 0 Å². The minimum absolute atomic E-state index is 0.140. The highest BCUT2D eigenvalue weighted by atomic mass is 16.2. The largest absolute Gasteiger partial charge is 0.369 e. The second kappa shape index (κ2) is 7.79. The zero-order valence-corrected chi connectivity index (χ0v) is 14.2. The minimum atomic E-state index is -0.282. The molecule has 1 aromatic carbocycles. The summed E-state index contributed by atoms with van der Waals surface area (Å²) >= 11 is 0. The van der Waals surface area contributed by atoms with Crippen molar-refractivity contribution in [2.75, 3.05) is 26.2 Å². The summed E-state index contributed by atoms with van der Waals surface area (Å²) in [6.45, 7) is 2.68. The summed E-state index contributed by atoms with van der Waals surface area (Å²) in [4.78, 5) is 28.2. The van der Waals surface area contributed by atoms with E-state index in [1.54, 1.807) is 0 Å². The average Bonchev–Trinajstić information content (AvgIpc) is 3.02. The van der Waals surface area contributed by atoms with E-state index in [0.717, 1.165) is 45.2 Å². The first-order valence-corrected chi connectivity index (χ1v) is 8.98. The molecule has 2 heterocycles. The van der Waals surface area contributed by atoms with Crippen LogP contribution in [-0.4, -0.2) is 53.8 Å². The molecule has 3 rings (SSSR count). The maximum Gasteiger partial charge on any atom is 0.236 e. The van der Waals surface area contributed by atoms with Gasteiger partial charge in [0.25, 0.3) is 0 Å². The molecule has 130 valence electrons. The molecule has 0 aromatic heterocycles. The number of nitrogens with zero attached hydrogens (tertiary/aromatic N) is 2. The van der Waals surface area contributed by atoms with Crippen LogP contribution in [0.25, 0.3) is 0 Å². The molecular formula is C19H27N3O2. The molecule has 5 nitrogen and oxygen atoms in total. The Bertz CT molecular complexity index is 575. The zero-order chi connectivity index (χ0) is 16.9. The van der Waals surface area contributed by atoms with Crippen molar-refractivity contribution in [2.45, 2.75) is 38.1 Å². The van der Waals surface area contributed by atoms with Gasteiger partial charge in [-0.1, -0.05) is 30.3 Å². The number of hydrogen-bond acceptors (Lipinski definition) is 3. The van der Waals surface area contributed by atoms with Gasteiger partial charge in [0, 0.05) is 19.1 Å². The SMILES string of the molecule is NC(=O)[C@H]1CCCN(C(=O)CN2CCC[C@@H]2Cc2ccccc2)C1. The molecule has 0 bridgehead atoms. The molecule has 2 fully saturated rings. The van der Waals surface area contributed by atoms with Crippen molar-refractivity contribution in [3.8, 4) is 0 Å². The van der Waals surface area contributed by atoms with Gasteiger partial charge in [0.2, 0.25) is 11.8 Å². The number of hydrogen-bond donors (Lipinski definition) is 1. The van der Waals surface area contributed by atoms with Crippen LogP contribution in [0.15, 0.2) is 30.3 Å². The van der Waals surface area contributed by atoms with Crippen molar-refractivity contribution in [1.29, 1.82) is 0 Å². The Hall–Kier alpha value is -1.88. The minimum Gasteiger partial charge on any atom is -0.369 e. The fraction of sp³-hybridized carbons (Fsp3) is 0.579. The summed E-state index contributed by atoms with van der Waals surface area (Å²) in [5.41, 5.74) is 6.74. The first-order valence-electron chi connectivity index (χ1n) is 8.98. The molecule has 2 saturated heterocycles. The molecule has 0 aliphatic carbocycles. The van der Waals surface area contributed by atoms with Gasteiger partial charge >= 0.3 is 0 Å². The second-order valence-electron chi connectivity index (χ2n) is 7.04. The second-order valence-corrected chi connectivity index (χ2v) is 7.04. The summed E-state index contributed by atoms with van der Waals surface area (Å²) in [6, 6.07) is 10.9. The van der Waals surface area contributed by atoms with Crippen LogP contribution in [0.4, 0.5) is 0 Å². The molecule has 0 radical (unpaired) electrons. The number of piperidine rings is 1. The number of benzene rings is 1. The molecule has 5 heteroatoms. The lowest BCUT2D eigenvalue weighted by Crippen LogP contribution is -2.48. The lowest BCUT2D eigenvalue weighted by Gasteiger charge is -2.33. The van der Waals surface area contributed by atoms with Crippen LogP contribution in [0.5, 0.6) is 0 Å². The maximum atomic E-state index is 12.7. The normalized spacial score (nSPS) is 24.9. The third kappa shape index (κ3) is 4.15. The average molecular weight is 329 g/mol. The van der Waals surface area contributed by atoms with Gasteiger partial charge in [-0.25, -0.2) is 0 Å². The van der Waals surface area contributed by atoms with Crippen molar-refractivity contribution in [3.63, 3.8) is 0 Å². The van der Waals surface area contributed by atoms with E-state index in [9.17, 15) is 9.59 Å². The van der Waals surface area contributed by atoms with Crippen LogP contribution in [0.1, 0.15) is 31.2 Å². The van der Waals surface area contributed by atoms with Gasteiger partial charge in [-0.05, 0) is 44.2 Å². The Morgan fingerprint density at radius 3 is 2.58 bits per heavy atom. The van der Waals surface area contributed by atoms with E-state index in [1.807, 2.05) is 11.0 Å². The third-order valence-electron chi connectivity index (χ3n) is 5.33. The standard InChI is InChI=1S/C19H27N3O2/c20-19(24)16-8-4-11-22(13-16)18(23)14-21-10-5-9-17(21)12-15-6-2-1-3-7-15/h1-3,6-7,16-17H,4-5,8-14H2,(H2,20,24)/t16-,17+/m0/s1. The number of rotatable bonds is 5. The van der Waals surface area contributed by atoms with E-state index >= 15 is 0 Å². The molecule has 24 heavy (non-hydrogen) atoms. The summed E-state index contributed by atoms with van der Waals surface area (Å²) < 4.78 is 0. The van der Waals surface area contributed by atoms with Crippen molar-refractivity contribution < 1.29 is 9.59 Å². The Morgan fingerprint density at radius 2 is 1.83 bits per heavy atom. The lowest BCUT2D eigenvalue weighted by molar-refractivity contribution is -0.136. The molecule has 1 aromatic rings. The fourth-order valence-electron chi connectivity index (χ4n) is 3.93. The van der Waals surface area contributed by atoms with Crippen LogP contribution in [0, 0.1) is 5.92 Å². The van der Waals surface area contributed by atoms with Crippen LogP contribution < -0.4 is 5.73 Å². The Labute approximate surface area is 143 Å². The number of carbonyl (C=O) groups is 2. The highest BCUT2D eigenvalue weighted by Crippen LogP contribution is 2.22.